The molecule has 3 heterocycles. The van der Waals surface area contributed by atoms with Crippen LogP contribution in [0.25, 0.3) is 11.0 Å². The Bertz CT molecular complexity index is 1310. The van der Waals surface area contributed by atoms with Gasteiger partial charge in [-0.3, -0.25) is 14.6 Å². The third-order valence-electron chi connectivity index (χ3n) is 5.41. The Morgan fingerprint density at radius 2 is 2.03 bits per heavy atom. The Hall–Kier alpha value is -3.94. The summed E-state index contributed by atoms with van der Waals surface area (Å²) in [5.41, 5.74) is 1.67. The van der Waals surface area contributed by atoms with Gasteiger partial charge in [0.15, 0.2) is 11.4 Å². The predicted molar refractivity (Wildman–Crippen MR) is 110 cm³/mol. The lowest BCUT2D eigenvalue weighted by Gasteiger charge is -2.25. The molecule has 3 aromatic heterocycles. The van der Waals surface area contributed by atoms with Crippen molar-refractivity contribution in [1.82, 2.24) is 15.0 Å². The van der Waals surface area contributed by atoms with E-state index < -0.39 is 0 Å². The molecule has 3 N–H and O–H groups in total. The van der Waals surface area contributed by atoms with Gasteiger partial charge in [0.25, 0.3) is 5.56 Å². The van der Waals surface area contributed by atoms with Gasteiger partial charge in [0.2, 0.25) is 5.95 Å². The van der Waals surface area contributed by atoms with Crippen molar-refractivity contribution >= 4 is 22.8 Å². The van der Waals surface area contributed by atoms with Gasteiger partial charge < -0.3 is 14.8 Å². The number of fused-ring (bicyclic) bond motifs is 3. The van der Waals surface area contributed by atoms with Crippen LogP contribution in [0.2, 0.25) is 0 Å². The fourth-order valence-corrected chi connectivity index (χ4v) is 3.99. The molecule has 0 saturated carbocycles. The van der Waals surface area contributed by atoms with Crippen molar-refractivity contribution in [3.63, 3.8) is 0 Å². The maximum atomic E-state index is 12.9. The third-order valence-corrected chi connectivity index (χ3v) is 5.41. The summed E-state index contributed by atoms with van der Waals surface area (Å²) < 4.78 is 5.27. The number of phenolic OH excluding ortho intramolecular Hbond substituents is 1. The first-order chi connectivity index (χ1) is 14.6. The van der Waals surface area contributed by atoms with E-state index in [1.165, 1.54) is 6.20 Å². The standard InChI is InChI=1S/C22H18N4O4/c27-17-6-2-1-5-14(17)12-8-15-16(18(28)9-12)11-23-20-19(15)21(29)26-22(25-20)24-10-13-4-3-7-30-13/h1-7,11-12,27H,8-10H2,(H2,23,24,25,26,29)/t12-/m1/s1. The number of nitrogens with one attached hydrogen (secondary N) is 2. The van der Waals surface area contributed by atoms with E-state index in [1.54, 1.807) is 30.5 Å². The van der Waals surface area contributed by atoms with Gasteiger partial charge in [-0.05, 0) is 41.7 Å². The first-order valence-corrected chi connectivity index (χ1v) is 9.59. The molecule has 1 aromatic carbocycles. The molecular weight excluding hydrogens is 384 g/mol. The van der Waals surface area contributed by atoms with Gasteiger partial charge in [0.05, 0.1) is 18.2 Å². The van der Waals surface area contributed by atoms with Crippen molar-refractivity contribution in [3.05, 3.63) is 81.7 Å². The second-order valence-corrected chi connectivity index (χ2v) is 7.28. The fourth-order valence-electron chi connectivity index (χ4n) is 3.99. The molecule has 0 amide bonds. The van der Waals surface area contributed by atoms with Crippen LogP contribution >= 0.6 is 0 Å². The number of rotatable bonds is 4. The van der Waals surface area contributed by atoms with E-state index in [4.69, 9.17) is 4.42 Å². The number of hydrogen-bond acceptors (Lipinski definition) is 7. The van der Waals surface area contributed by atoms with Crippen LogP contribution in [-0.2, 0) is 13.0 Å². The number of aromatic nitrogens is 3. The Kier molecular flexibility index (Phi) is 4.31. The summed E-state index contributed by atoms with van der Waals surface area (Å²) in [6, 6.07) is 10.6. The highest BCUT2D eigenvalue weighted by atomic mass is 16.3. The van der Waals surface area contributed by atoms with Crippen LogP contribution in [-0.4, -0.2) is 25.8 Å². The summed E-state index contributed by atoms with van der Waals surface area (Å²) in [5, 5.41) is 13.5. The Morgan fingerprint density at radius 3 is 2.83 bits per heavy atom. The number of H-pyrrole nitrogens is 1. The third kappa shape index (κ3) is 3.12. The van der Waals surface area contributed by atoms with E-state index in [0.29, 0.717) is 40.8 Å². The molecule has 4 aromatic rings. The quantitative estimate of drug-likeness (QED) is 0.479. The van der Waals surface area contributed by atoms with E-state index in [9.17, 15) is 14.7 Å². The average molecular weight is 402 g/mol. The molecule has 150 valence electrons. The highest BCUT2D eigenvalue weighted by Gasteiger charge is 2.30. The predicted octanol–water partition coefficient (Wildman–Crippen LogP) is 3.14. The largest absolute Gasteiger partial charge is 0.508 e. The molecule has 1 aliphatic carbocycles. The van der Waals surface area contributed by atoms with E-state index in [1.807, 2.05) is 12.1 Å². The smallest absolute Gasteiger partial charge is 0.262 e. The van der Waals surface area contributed by atoms with E-state index >= 15 is 0 Å². The minimum absolute atomic E-state index is 0.0988. The van der Waals surface area contributed by atoms with E-state index in [0.717, 1.165) is 0 Å². The number of Topliss-reactive ketones (excluding diaryl/α,β-unsaturated/α-hetero) is 1. The van der Waals surface area contributed by atoms with Crippen LogP contribution in [0.15, 0.2) is 58.1 Å². The van der Waals surface area contributed by atoms with Crippen LogP contribution in [0.5, 0.6) is 5.75 Å². The van der Waals surface area contributed by atoms with Crippen molar-refractivity contribution in [1.29, 1.82) is 0 Å². The molecule has 1 atom stereocenters. The van der Waals surface area contributed by atoms with Gasteiger partial charge in [-0.15, -0.1) is 0 Å². The molecule has 1 aliphatic rings. The number of nitrogens with zero attached hydrogens (tertiary/aromatic N) is 2. The molecule has 0 fully saturated rings. The number of para-hydroxylation sites is 1. The van der Waals surface area contributed by atoms with Gasteiger partial charge in [-0.2, -0.15) is 4.98 Å². The Morgan fingerprint density at radius 1 is 1.17 bits per heavy atom. The Balaban J connectivity index is 1.54. The molecule has 0 bridgehead atoms. The molecule has 8 nitrogen and oxygen atoms in total. The van der Waals surface area contributed by atoms with E-state index in [-0.39, 0.29) is 41.0 Å². The SMILES string of the molecule is O=C1C[C@H](c2ccccc2O)Cc2c1cnc1nc(NCc3ccco3)[nH]c(=O)c21. The minimum atomic E-state index is -0.364. The minimum Gasteiger partial charge on any atom is -0.508 e. The fraction of sp³-hybridized carbons (Fsp3) is 0.182. The topological polar surface area (TPSA) is 121 Å². The molecule has 0 spiro atoms. The number of carbonyl (C=O) groups excluding carboxylic acids is 1. The summed E-state index contributed by atoms with van der Waals surface area (Å²) in [5.74, 6) is 0.808. The number of phenols is 1. The van der Waals surface area contributed by atoms with Gasteiger partial charge in [-0.25, -0.2) is 4.98 Å². The van der Waals surface area contributed by atoms with E-state index in [2.05, 4.69) is 20.3 Å². The molecular formula is C22H18N4O4. The lowest BCUT2D eigenvalue weighted by molar-refractivity contribution is 0.0964. The number of pyridine rings is 1. The molecule has 0 unspecified atom stereocenters. The number of furan rings is 1. The molecule has 5 rings (SSSR count). The average Bonchev–Trinajstić information content (AvgIpc) is 3.26. The zero-order valence-electron chi connectivity index (χ0n) is 15.9. The number of anilines is 1. The van der Waals surface area contributed by atoms with Crippen LogP contribution in [0.1, 0.15) is 39.6 Å². The van der Waals surface area contributed by atoms with Gasteiger partial charge in [-0.1, -0.05) is 18.2 Å². The van der Waals surface area contributed by atoms with Crippen molar-refractivity contribution < 1.29 is 14.3 Å². The normalized spacial score (nSPS) is 15.9. The van der Waals surface area contributed by atoms with Crippen molar-refractivity contribution in [2.24, 2.45) is 0 Å². The summed E-state index contributed by atoms with van der Waals surface area (Å²) >= 11 is 0. The maximum Gasteiger partial charge on any atom is 0.262 e. The van der Waals surface area contributed by atoms with Gasteiger partial charge >= 0.3 is 0 Å². The molecule has 0 saturated heterocycles. The second kappa shape index (κ2) is 7.14. The highest BCUT2D eigenvalue weighted by Crippen LogP contribution is 2.37. The molecule has 0 aliphatic heterocycles. The van der Waals surface area contributed by atoms with Crippen LogP contribution in [0.4, 0.5) is 5.95 Å². The van der Waals surface area contributed by atoms with Crippen molar-refractivity contribution in [2.45, 2.75) is 25.3 Å². The van der Waals surface area contributed by atoms with Gasteiger partial charge in [0.1, 0.15) is 11.5 Å². The molecule has 30 heavy (non-hydrogen) atoms. The summed E-state index contributed by atoms with van der Waals surface area (Å²) in [4.78, 5) is 37.0. The number of aromatic hydroxyl groups is 1. The second-order valence-electron chi connectivity index (χ2n) is 7.28. The van der Waals surface area contributed by atoms with Gasteiger partial charge in [0, 0.05) is 18.2 Å². The summed E-state index contributed by atoms with van der Waals surface area (Å²) in [6.45, 7) is 0.361. The first-order valence-electron chi connectivity index (χ1n) is 9.59. The number of benzene rings is 1. The van der Waals surface area contributed by atoms with Crippen LogP contribution < -0.4 is 10.9 Å². The van der Waals surface area contributed by atoms with Crippen LogP contribution in [0, 0.1) is 0 Å². The number of ketones is 1. The summed E-state index contributed by atoms with van der Waals surface area (Å²) in [7, 11) is 0. The first kappa shape index (κ1) is 18.1. The van der Waals surface area contributed by atoms with Crippen molar-refractivity contribution in [2.75, 3.05) is 5.32 Å². The zero-order valence-corrected chi connectivity index (χ0v) is 15.9. The van der Waals surface area contributed by atoms with Crippen LogP contribution in [0.3, 0.4) is 0 Å². The zero-order chi connectivity index (χ0) is 20.7. The monoisotopic (exact) mass is 402 g/mol. The molecule has 8 heteroatoms. The highest BCUT2D eigenvalue weighted by molar-refractivity contribution is 6.02. The number of aromatic amines is 1. The lowest BCUT2D eigenvalue weighted by atomic mass is 9.79. The molecule has 0 radical (unpaired) electrons. The number of hydrogen-bond donors (Lipinski definition) is 3. The maximum absolute atomic E-state index is 12.9. The van der Waals surface area contributed by atoms with Crippen molar-refractivity contribution in [3.8, 4) is 5.75 Å². The number of carbonyl (C=O) groups is 1. The summed E-state index contributed by atoms with van der Waals surface area (Å²) in [6.07, 6.45) is 3.76. The lowest BCUT2D eigenvalue weighted by Crippen LogP contribution is -2.23. The Labute approximate surface area is 170 Å².